The molecule has 35 heavy (non-hydrogen) atoms. The number of H-pyrrole nitrogens is 1. The number of aromatic amines is 1. The van der Waals surface area contributed by atoms with Gasteiger partial charge in [-0.2, -0.15) is 0 Å². The van der Waals surface area contributed by atoms with Gasteiger partial charge in [-0.05, 0) is 68.3 Å². The molecule has 0 aliphatic carbocycles. The molecule has 0 fully saturated rings. The molecule has 0 radical (unpaired) electrons. The number of hydrogen-bond donors (Lipinski definition) is 3. The number of nitrogens with one attached hydrogen (secondary N) is 3. The Kier molecular flexibility index (Phi) is 9.23. The molecule has 0 saturated heterocycles. The van der Waals surface area contributed by atoms with Crippen LogP contribution in [0.1, 0.15) is 60.6 Å². The second-order valence-electron chi connectivity index (χ2n) is 8.27. The number of ether oxygens (including phenoxy) is 1. The predicted molar refractivity (Wildman–Crippen MR) is 131 cm³/mol. The van der Waals surface area contributed by atoms with Crippen LogP contribution in [0, 0.1) is 12.7 Å². The highest BCUT2D eigenvalue weighted by Gasteiger charge is 2.15. The van der Waals surface area contributed by atoms with Gasteiger partial charge in [0.15, 0.2) is 0 Å². The number of benzene rings is 2. The van der Waals surface area contributed by atoms with E-state index in [2.05, 4.69) is 22.9 Å². The summed E-state index contributed by atoms with van der Waals surface area (Å²) >= 11 is 0. The fourth-order valence-electron chi connectivity index (χ4n) is 3.57. The van der Waals surface area contributed by atoms with Crippen LogP contribution < -0.4 is 21.1 Å². The number of aryl methyl sites for hydroxylation is 1. The van der Waals surface area contributed by atoms with Crippen LogP contribution in [-0.2, 0) is 11.2 Å². The third kappa shape index (κ3) is 7.30. The maximum Gasteiger partial charge on any atom is 0.274 e. The van der Waals surface area contributed by atoms with Gasteiger partial charge >= 0.3 is 0 Å². The van der Waals surface area contributed by atoms with Gasteiger partial charge in [-0.15, -0.1) is 0 Å². The molecular weight excluding hydrogens is 451 g/mol. The Hall–Kier alpha value is -3.88. The van der Waals surface area contributed by atoms with Crippen molar-refractivity contribution in [3.8, 4) is 11.4 Å². The second-order valence-corrected chi connectivity index (χ2v) is 8.27. The molecule has 2 aromatic carbocycles. The third-order valence-corrected chi connectivity index (χ3v) is 5.58. The van der Waals surface area contributed by atoms with Crippen molar-refractivity contribution in [3.05, 3.63) is 81.5 Å². The molecule has 3 rings (SSSR count). The molecular formula is C26H31FN4O4. The second kappa shape index (κ2) is 12.5. The molecule has 0 saturated carbocycles. The van der Waals surface area contributed by atoms with Gasteiger partial charge in [0.2, 0.25) is 5.91 Å². The Balaban J connectivity index is 1.46. The van der Waals surface area contributed by atoms with Gasteiger partial charge in [-0.3, -0.25) is 30.3 Å². The van der Waals surface area contributed by atoms with Gasteiger partial charge in [0.1, 0.15) is 11.6 Å². The Bertz CT molecular complexity index is 1180. The number of carbonyl (C=O) groups is 2. The molecule has 2 amide bonds. The summed E-state index contributed by atoms with van der Waals surface area (Å²) in [5.74, 6) is -0.593. The van der Waals surface area contributed by atoms with Crippen molar-refractivity contribution < 1.29 is 18.7 Å². The van der Waals surface area contributed by atoms with Crippen LogP contribution in [0.25, 0.3) is 5.69 Å². The summed E-state index contributed by atoms with van der Waals surface area (Å²) in [5, 5.41) is 2.94. The van der Waals surface area contributed by atoms with Gasteiger partial charge in [0.05, 0.1) is 12.3 Å². The van der Waals surface area contributed by atoms with E-state index in [-0.39, 0.29) is 18.4 Å². The average Bonchev–Trinajstić information content (AvgIpc) is 3.14. The van der Waals surface area contributed by atoms with Crippen LogP contribution >= 0.6 is 0 Å². The summed E-state index contributed by atoms with van der Waals surface area (Å²) in [6.07, 6.45) is 4.66. The summed E-state index contributed by atoms with van der Waals surface area (Å²) in [5.41, 5.74) is 6.38. The number of halogens is 1. The minimum atomic E-state index is -0.454. The van der Waals surface area contributed by atoms with Gasteiger partial charge in [-0.25, -0.2) is 9.07 Å². The van der Waals surface area contributed by atoms with Crippen molar-refractivity contribution in [2.75, 3.05) is 6.61 Å². The average molecular weight is 483 g/mol. The lowest BCUT2D eigenvalue weighted by Crippen LogP contribution is -2.41. The topological polar surface area (TPSA) is 105 Å². The Morgan fingerprint density at radius 1 is 1.00 bits per heavy atom. The normalized spacial score (nSPS) is 10.7. The van der Waals surface area contributed by atoms with E-state index in [9.17, 15) is 18.8 Å². The molecule has 0 unspecified atom stereocenters. The third-order valence-electron chi connectivity index (χ3n) is 5.58. The van der Waals surface area contributed by atoms with Crippen molar-refractivity contribution >= 4 is 11.8 Å². The molecule has 0 aliphatic rings. The number of hydrogen-bond acceptors (Lipinski definition) is 4. The fraction of sp³-hybridized carbons (Fsp3) is 0.346. The van der Waals surface area contributed by atoms with Crippen LogP contribution in [0.5, 0.6) is 5.75 Å². The van der Waals surface area contributed by atoms with E-state index < -0.39 is 17.6 Å². The molecule has 3 aromatic rings. The molecule has 1 aromatic heterocycles. The number of carbonyl (C=O) groups excluding carboxylic acids is 2. The first kappa shape index (κ1) is 25.7. The lowest BCUT2D eigenvalue weighted by Gasteiger charge is -2.09. The number of rotatable bonds is 11. The zero-order valence-corrected chi connectivity index (χ0v) is 20.0. The Morgan fingerprint density at radius 2 is 1.71 bits per heavy atom. The fourth-order valence-corrected chi connectivity index (χ4v) is 3.57. The molecule has 0 aliphatic heterocycles. The van der Waals surface area contributed by atoms with E-state index in [0.29, 0.717) is 34.9 Å². The molecule has 186 valence electrons. The van der Waals surface area contributed by atoms with E-state index in [4.69, 9.17) is 4.74 Å². The van der Waals surface area contributed by atoms with Gasteiger partial charge in [0, 0.05) is 23.2 Å². The standard InChI is InChI=1S/C26H31FN4O4/c1-3-4-5-6-17-35-22-13-7-19(8-14-22)25(33)29-28-24(32)16-15-23-18(2)30-31(26(23)34)21-11-9-20(27)10-12-21/h7-14,30H,3-6,15-17H2,1-2H3,(H,28,32)(H,29,33). The van der Waals surface area contributed by atoms with Crippen molar-refractivity contribution in [2.45, 2.75) is 52.4 Å². The van der Waals surface area contributed by atoms with Crippen molar-refractivity contribution in [1.29, 1.82) is 0 Å². The van der Waals surface area contributed by atoms with E-state index in [1.54, 1.807) is 31.2 Å². The molecule has 1 heterocycles. The molecule has 0 atom stereocenters. The molecule has 9 heteroatoms. The van der Waals surface area contributed by atoms with Gasteiger partial charge < -0.3 is 4.74 Å². The van der Waals surface area contributed by atoms with Crippen LogP contribution in [0.15, 0.2) is 53.3 Å². The zero-order chi connectivity index (χ0) is 25.2. The van der Waals surface area contributed by atoms with Crippen molar-refractivity contribution in [2.24, 2.45) is 0 Å². The molecule has 3 N–H and O–H groups in total. The maximum absolute atomic E-state index is 13.2. The van der Waals surface area contributed by atoms with Crippen molar-refractivity contribution in [1.82, 2.24) is 20.6 Å². The van der Waals surface area contributed by atoms with Gasteiger partial charge in [0.25, 0.3) is 11.5 Å². The largest absolute Gasteiger partial charge is 0.494 e. The van der Waals surface area contributed by atoms with Gasteiger partial charge in [-0.1, -0.05) is 26.2 Å². The quantitative estimate of drug-likeness (QED) is 0.284. The lowest BCUT2D eigenvalue weighted by molar-refractivity contribution is -0.121. The van der Waals surface area contributed by atoms with E-state index in [1.165, 1.54) is 41.8 Å². The van der Waals surface area contributed by atoms with E-state index in [1.807, 2.05) is 0 Å². The first-order valence-electron chi connectivity index (χ1n) is 11.8. The summed E-state index contributed by atoms with van der Waals surface area (Å²) in [7, 11) is 0. The Labute approximate surface area is 203 Å². The smallest absolute Gasteiger partial charge is 0.274 e. The summed E-state index contributed by atoms with van der Waals surface area (Å²) in [6.45, 7) is 4.52. The lowest BCUT2D eigenvalue weighted by atomic mass is 10.1. The molecule has 8 nitrogen and oxygen atoms in total. The number of unbranched alkanes of at least 4 members (excludes halogenated alkanes) is 3. The SMILES string of the molecule is CCCCCCOc1ccc(C(=O)NNC(=O)CCc2c(C)[nH]n(-c3ccc(F)cc3)c2=O)cc1. The first-order chi connectivity index (χ1) is 16.9. The number of aromatic nitrogens is 2. The summed E-state index contributed by atoms with van der Waals surface area (Å²) in [4.78, 5) is 37.2. The highest BCUT2D eigenvalue weighted by Crippen LogP contribution is 2.13. The highest BCUT2D eigenvalue weighted by atomic mass is 19.1. The Morgan fingerprint density at radius 3 is 2.40 bits per heavy atom. The minimum absolute atomic E-state index is 0.00242. The van der Waals surface area contributed by atoms with Crippen LogP contribution in [0.2, 0.25) is 0 Å². The van der Waals surface area contributed by atoms with E-state index in [0.717, 1.165) is 12.8 Å². The summed E-state index contributed by atoms with van der Waals surface area (Å²) < 4.78 is 20.1. The highest BCUT2D eigenvalue weighted by molar-refractivity contribution is 5.95. The number of amides is 2. The van der Waals surface area contributed by atoms with Crippen LogP contribution in [0.4, 0.5) is 4.39 Å². The van der Waals surface area contributed by atoms with Crippen LogP contribution in [0.3, 0.4) is 0 Å². The molecule has 0 bridgehead atoms. The van der Waals surface area contributed by atoms with Crippen molar-refractivity contribution in [3.63, 3.8) is 0 Å². The number of hydrazine groups is 1. The first-order valence-corrected chi connectivity index (χ1v) is 11.8. The maximum atomic E-state index is 13.2. The zero-order valence-electron chi connectivity index (χ0n) is 20.0. The van der Waals surface area contributed by atoms with E-state index >= 15 is 0 Å². The monoisotopic (exact) mass is 482 g/mol. The van der Waals surface area contributed by atoms with Crippen LogP contribution in [-0.4, -0.2) is 28.2 Å². The molecule has 0 spiro atoms. The summed E-state index contributed by atoms with van der Waals surface area (Å²) in [6, 6.07) is 12.2. The predicted octanol–water partition coefficient (Wildman–Crippen LogP) is 3.97. The minimum Gasteiger partial charge on any atom is -0.494 e. The number of nitrogens with zero attached hydrogens (tertiary/aromatic N) is 1.